The van der Waals surface area contributed by atoms with Crippen molar-refractivity contribution in [3.63, 3.8) is 0 Å². The molecule has 1 atom stereocenters. The Morgan fingerprint density at radius 3 is 2.38 bits per heavy atom. The van der Waals surface area contributed by atoms with Crippen LogP contribution in [0.15, 0.2) is 26.7 Å². The molecule has 0 unspecified atom stereocenters. The highest BCUT2D eigenvalue weighted by Gasteiger charge is 2.17. The van der Waals surface area contributed by atoms with Crippen molar-refractivity contribution in [1.82, 2.24) is 9.55 Å². The van der Waals surface area contributed by atoms with Gasteiger partial charge < -0.3 is 5.11 Å². The van der Waals surface area contributed by atoms with Crippen molar-refractivity contribution in [2.24, 2.45) is 4.99 Å². The molecule has 0 aliphatic heterocycles. The smallest absolute Gasteiger partial charge is 0.335 e. The first-order chi connectivity index (χ1) is 11.3. The van der Waals surface area contributed by atoms with E-state index in [9.17, 15) is 14.7 Å². The van der Waals surface area contributed by atoms with Gasteiger partial charge in [0.1, 0.15) is 5.56 Å². The summed E-state index contributed by atoms with van der Waals surface area (Å²) in [4.78, 5) is 30.8. The van der Waals surface area contributed by atoms with Crippen LogP contribution in [-0.2, 0) is 0 Å². The summed E-state index contributed by atoms with van der Waals surface area (Å²) in [6, 6.07) is 3.87. The van der Waals surface area contributed by atoms with Gasteiger partial charge in [-0.25, -0.2) is 9.36 Å². The van der Waals surface area contributed by atoms with Crippen molar-refractivity contribution in [3.8, 4) is 11.6 Å². The van der Waals surface area contributed by atoms with Gasteiger partial charge in [-0.15, -0.1) is 0 Å². The minimum Gasteiger partial charge on any atom is -0.493 e. The number of aryl methyl sites for hydroxylation is 3. The molecule has 2 aromatic rings. The van der Waals surface area contributed by atoms with Crippen LogP contribution in [0.1, 0.15) is 42.5 Å². The van der Waals surface area contributed by atoms with E-state index in [1.54, 1.807) is 0 Å². The third-order valence-electron chi connectivity index (χ3n) is 4.03. The zero-order valence-electron chi connectivity index (χ0n) is 14.7. The Bertz CT molecular complexity index is 884. The molecule has 0 radical (unpaired) electrons. The number of aromatic nitrogens is 2. The Morgan fingerprint density at radius 1 is 1.25 bits per heavy atom. The third-order valence-corrected chi connectivity index (χ3v) is 4.03. The van der Waals surface area contributed by atoms with Crippen LogP contribution in [0, 0.1) is 20.8 Å². The molecule has 0 saturated heterocycles. The van der Waals surface area contributed by atoms with Gasteiger partial charge in [0.25, 0.3) is 5.56 Å². The normalized spacial score (nSPS) is 12.7. The van der Waals surface area contributed by atoms with Gasteiger partial charge in [0.2, 0.25) is 5.88 Å². The largest absolute Gasteiger partial charge is 0.493 e. The Morgan fingerprint density at radius 2 is 1.83 bits per heavy atom. The fourth-order valence-corrected chi connectivity index (χ4v) is 2.69. The molecule has 0 fully saturated rings. The number of aromatic hydroxyl groups is 1. The second kappa shape index (κ2) is 6.86. The molecule has 128 valence electrons. The summed E-state index contributed by atoms with van der Waals surface area (Å²) in [5.41, 5.74) is 1.95. The maximum Gasteiger partial charge on any atom is 0.335 e. The number of nitrogens with zero attached hydrogens (tertiary/aromatic N) is 2. The van der Waals surface area contributed by atoms with Crippen LogP contribution in [0.4, 0.5) is 0 Å². The van der Waals surface area contributed by atoms with E-state index in [2.05, 4.69) is 9.98 Å². The minimum atomic E-state index is -0.673. The molecule has 1 aromatic carbocycles. The second-order valence-electron chi connectivity index (χ2n) is 6.11. The number of aliphatic imine (C=N–C) groups is 1. The second-order valence-corrected chi connectivity index (χ2v) is 6.11. The Hall–Kier alpha value is -2.63. The van der Waals surface area contributed by atoms with Crippen LogP contribution < -0.4 is 11.2 Å². The van der Waals surface area contributed by atoms with Gasteiger partial charge in [-0.2, -0.15) is 0 Å². The SMILES string of the molecule is CC[C@H](C)N=Cc1c(O)n(-c2c(C)cc(C)cc2C)c(=O)[nH]c1=O. The molecule has 1 heterocycles. The molecular weight excluding hydrogens is 306 g/mol. The van der Waals surface area contributed by atoms with E-state index in [-0.39, 0.29) is 11.6 Å². The molecule has 0 saturated carbocycles. The number of H-pyrrole nitrogens is 1. The fourth-order valence-electron chi connectivity index (χ4n) is 2.69. The Kier molecular flexibility index (Phi) is 5.07. The number of aromatic amines is 1. The quantitative estimate of drug-likeness (QED) is 0.844. The number of nitrogens with one attached hydrogen (secondary N) is 1. The summed E-state index contributed by atoms with van der Waals surface area (Å²) >= 11 is 0. The standard InChI is InChI=1S/C18H23N3O3/c1-6-13(5)19-9-14-16(22)20-18(24)21(17(14)23)15-11(3)7-10(2)8-12(15)4/h7-9,13,23H,6H2,1-5H3,(H,20,22,24)/t13-/m0/s1. The highest BCUT2D eigenvalue weighted by atomic mass is 16.3. The van der Waals surface area contributed by atoms with Gasteiger partial charge in [0.05, 0.1) is 5.69 Å². The number of hydrogen-bond donors (Lipinski definition) is 2. The molecule has 0 spiro atoms. The van der Waals surface area contributed by atoms with E-state index in [0.29, 0.717) is 5.69 Å². The molecule has 0 amide bonds. The lowest BCUT2D eigenvalue weighted by Crippen LogP contribution is -2.32. The van der Waals surface area contributed by atoms with Gasteiger partial charge in [0.15, 0.2) is 0 Å². The third kappa shape index (κ3) is 3.32. The average Bonchev–Trinajstić information content (AvgIpc) is 2.48. The molecular formula is C18H23N3O3. The molecule has 1 aromatic heterocycles. The highest BCUT2D eigenvalue weighted by molar-refractivity contribution is 5.82. The lowest BCUT2D eigenvalue weighted by atomic mass is 10.0. The van der Waals surface area contributed by atoms with Crippen molar-refractivity contribution in [1.29, 1.82) is 0 Å². The van der Waals surface area contributed by atoms with E-state index in [4.69, 9.17) is 0 Å². The van der Waals surface area contributed by atoms with E-state index in [1.165, 1.54) is 6.21 Å². The number of benzene rings is 1. The van der Waals surface area contributed by atoms with Crippen molar-refractivity contribution in [3.05, 3.63) is 55.2 Å². The molecule has 6 heteroatoms. The van der Waals surface area contributed by atoms with Crippen LogP contribution in [0.5, 0.6) is 5.88 Å². The Labute approximate surface area is 140 Å². The first-order valence-corrected chi connectivity index (χ1v) is 7.96. The molecule has 0 aliphatic rings. The zero-order valence-corrected chi connectivity index (χ0v) is 14.7. The van der Waals surface area contributed by atoms with Gasteiger partial charge in [0, 0.05) is 12.3 Å². The van der Waals surface area contributed by atoms with Crippen LogP contribution in [-0.4, -0.2) is 26.9 Å². The van der Waals surface area contributed by atoms with Crippen molar-refractivity contribution in [2.75, 3.05) is 0 Å². The predicted octanol–water partition coefficient (Wildman–Crippen LogP) is 2.37. The van der Waals surface area contributed by atoms with E-state index in [0.717, 1.165) is 27.7 Å². The first kappa shape index (κ1) is 17.7. The predicted molar refractivity (Wildman–Crippen MR) is 95.9 cm³/mol. The Balaban J connectivity index is 2.76. The van der Waals surface area contributed by atoms with E-state index >= 15 is 0 Å². The van der Waals surface area contributed by atoms with Crippen LogP contribution >= 0.6 is 0 Å². The lowest BCUT2D eigenvalue weighted by Gasteiger charge is -2.15. The summed E-state index contributed by atoms with van der Waals surface area (Å²) in [7, 11) is 0. The summed E-state index contributed by atoms with van der Waals surface area (Å²) in [5, 5.41) is 10.6. The topological polar surface area (TPSA) is 87.4 Å². The molecule has 0 aliphatic carbocycles. The van der Waals surface area contributed by atoms with Crippen LogP contribution in [0.3, 0.4) is 0 Å². The van der Waals surface area contributed by atoms with Gasteiger partial charge in [-0.05, 0) is 45.2 Å². The van der Waals surface area contributed by atoms with Crippen LogP contribution in [0.2, 0.25) is 0 Å². The minimum absolute atomic E-state index is 0.0192. The van der Waals surface area contributed by atoms with Crippen LogP contribution in [0.25, 0.3) is 5.69 Å². The first-order valence-electron chi connectivity index (χ1n) is 7.96. The molecule has 24 heavy (non-hydrogen) atoms. The van der Waals surface area contributed by atoms with Gasteiger partial charge in [-0.1, -0.05) is 24.6 Å². The number of rotatable bonds is 4. The van der Waals surface area contributed by atoms with Crippen molar-refractivity contribution in [2.45, 2.75) is 47.1 Å². The molecule has 2 N–H and O–H groups in total. The zero-order chi connectivity index (χ0) is 18.0. The summed E-state index contributed by atoms with van der Waals surface area (Å²) in [5.74, 6) is -0.397. The molecule has 6 nitrogen and oxygen atoms in total. The van der Waals surface area contributed by atoms with Gasteiger partial charge >= 0.3 is 5.69 Å². The number of hydrogen-bond acceptors (Lipinski definition) is 4. The monoisotopic (exact) mass is 329 g/mol. The lowest BCUT2D eigenvalue weighted by molar-refractivity contribution is 0.429. The summed E-state index contributed by atoms with van der Waals surface area (Å²) in [6.45, 7) is 9.57. The molecule has 0 bridgehead atoms. The molecule has 2 rings (SSSR count). The van der Waals surface area contributed by atoms with Crippen molar-refractivity contribution >= 4 is 6.21 Å². The maximum absolute atomic E-state index is 12.3. The van der Waals surface area contributed by atoms with E-state index in [1.807, 2.05) is 46.8 Å². The summed E-state index contributed by atoms with van der Waals surface area (Å²) in [6.07, 6.45) is 2.14. The maximum atomic E-state index is 12.3. The average molecular weight is 329 g/mol. The summed E-state index contributed by atoms with van der Waals surface area (Å²) < 4.78 is 1.13. The fraction of sp³-hybridized carbons (Fsp3) is 0.389. The van der Waals surface area contributed by atoms with Crippen molar-refractivity contribution < 1.29 is 5.11 Å². The highest BCUT2D eigenvalue weighted by Crippen LogP contribution is 2.23. The van der Waals surface area contributed by atoms with E-state index < -0.39 is 17.1 Å². The van der Waals surface area contributed by atoms with Gasteiger partial charge in [-0.3, -0.25) is 14.8 Å².